The van der Waals surface area contributed by atoms with Gasteiger partial charge < -0.3 is 39.7 Å². The molecule has 1 atom stereocenters. The van der Waals surface area contributed by atoms with E-state index in [1.807, 2.05) is 91.7 Å². The van der Waals surface area contributed by atoms with E-state index in [4.69, 9.17) is 11.6 Å². The number of likely N-dealkylation sites (tertiary alicyclic amines) is 2. The Bertz CT molecular complexity index is 3260. The van der Waals surface area contributed by atoms with Crippen molar-refractivity contribution < 1.29 is 45.0 Å². The van der Waals surface area contributed by atoms with E-state index >= 15 is 0 Å². The maximum atomic E-state index is 14.4. The molecule has 4 heterocycles. The Morgan fingerprint density at radius 3 is 2.00 bits per heavy atom. The average molecular weight is 1130 g/mol. The third kappa shape index (κ3) is 12.9. The highest BCUT2D eigenvalue weighted by Crippen LogP contribution is 2.42. The molecule has 3 fully saturated rings. The number of halogens is 4. The summed E-state index contributed by atoms with van der Waals surface area (Å²) in [6.07, 6.45) is 1.85. The van der Waals surface area contributed by atoms with Gasteiger partial charge in [0.15, 0.2) is 0 Å². The molecule has 6 aromatic rings. The second kappa shape index (κ2) is 23.7. The third-order valence-corrected chi connectivity index (χ3v) is 19.1. The van der Waals surface area contributed by atoms with Gasteiger partial charge in [0.05, 0.1) is 34.0 Å². The van der Waals surface area contributed by atoms with E-state index in [-0.39, 0.29) is 23.4 Å². The number of sulfonamides is 1. The molecule has 3 aliphatic heterocycles. The van der Waals surface area contributed by atoms with E-state index in [0.717, 1.165) is 56.5 Å². The van der Waals surface area contributed by atoms with E-state index < -0.39 is 47.3 Å². The highest BCUT2D eigenvalue weighted by Gasteiger charge is 2.48. The normalized spacial score (nSPS) is 16.9. The second-order valence-electron chi connectivity index (χ2n) is 19.9. The van der Waals surface area contributed by atoms with Crippen molar-refractivity contribution in [2.24, 2.45) is 7.05 Å². The fourth-order valence-electron chi connectivity index (χ4n) is 10.3. The Hall–Kier alpha value is -5.74. The monoisotopic (exact) mass is 1130 g/mol. The molecule has 0 saturated carbocycles. The molecule has 1 unspecified atom stereocenters. The number of sulfone groups is 1. The SMILES string of the molecule is Cc1c(C(=O)N2CCC(O)CC2)c(-c2cccc(N3CCN(c4ccc(NS(=O)(=O)c5ccc(NC(CCN6CCC(O)CC6)CSc6ccccc6)c(S(=O)(=O)C(F)(F)F)c5)cc4)CC3)c2)c(-c2ccc(Cl)cc2)n1C. The molecule has 410 valence electrons. The van der Waals surface area contributed by atoms with Crippen LogP contribution in [0.4, 0.5) is 35.9 Å². The minimum absolute atomic E-state index is 0.0771. The zero-order chi connectivity index (χ0) is 54.6. The lowest BCUT2D eigenvalue weighted by atomic mass is 9.95. The van der Waals surface area contributed by atoms with Crippen LogP contribution in [-0.2, 0) is 26.9 Å². The van der Waals surface area contributed by atoms with Gasteiger partial charge in [0, 0.05) is 116 Å². The maximum absolute atomic E-state index is 14.4. The molecular formula is C56H63ClF3N7O7S3. The van der Waals surface area contributed by atoms with Crippen LogP contribution in [0.3, 0.4) is 0 Å². The quantitative estimate of drug-likeness (QED) is 0.0640. The number of nitrogens with one attached hydrogen (secondary N) is 2. The van der Waals surface area contributed by atoms with Crippen molar-refractivity contribution in [3.8, 4) is 22.4 Å². The molecule has 1 amide bonds. The number of hydrogen-bond acceptors (Lipinski definition) is 12. The van der Waals surface area contributed by atoms with E-state index in [9.17, 15) is 45.0 Å². The number of carbonyl (C=O) groups is 1. The Balaban J connectivity index is 0.895. The van der Waals surface area contributed by atoms with Crippen LogP contribution in [0.1, 0.15) is 48.2 Å². The molecule has 3 saturated heterocycles. The van der Waals surface area contributed by atoms with Crippen molar-refractivity contribution >= 4 is 71.9 Å². The van der Waals surface area contributed by atoms with Crippen LogP contribution in [-0.4, -0.2) is 136 Å². The molecule has 9 rings (SSSR count). The molecule has 0 bridgehead atoms. The fraction of sp³-hybridized carbons (Fsp3) is 0.375. The summed E-state index contributed by atoms with van der Waals surface area (Å²) in [5.74, 6) is 0.291. The van der Waals surface area contributed by atoms with Gasteiger partial charge in [0.25, 0.3) is 25.8 Å². The predicted molar refractivity (Wildman–Crippen MR) is 299 cm³/mol. The number of nitrogens with zero attached hydrogens (tertiary/aromatic N) is 5. The molecule has 14 nitrogen and oxygen atoms in total. The molecule has 0 aliphatic carbocycles. The third-order valence-electron chi connectivity index (χ3n) is 14.8. The first-order valence-electron chi connectivity index (χ1n) is 25.7. The summed E-state index contributed by atoms with van der Waals surface area (Å²) in [6.45, 7) is 7.24. The van der Waals surface area contributed by atoms with Gasteiger partial charge in [0.2, 0.25) is 0 Å². The summed E-state index contributed by atoms with van der Waals surface area (Å²) in [4.78, 5) is 21.9. The number of hydrogen-bond donors (Lipinski definition) is 4. The Morgan fingerprint density at radius 1 is 0.740 bits per heavy atom. The molecule has 1 aromatic heterocycles. The number of amides is 1. The Labute approximate surface area is 457 Å². The van der Waals surface area contributed by atoms with Crippen molar-refractivity contribution in [1.82, 2.24) is 14.4 Å². The highest BCUT2D eigenvalue weighted by molar-refractivity contribution is 7.99. The summed E-state index contributed by atoms with van der Waals surface area (Å²) in [7, 11) is -8.67. The van der Waals surface area contributed by atoms with Crippen molar-refractivity contribution in [3.63, 3.8) is 0 Å². The lowest BCUT2D eigenvalue weighted by Gasteiger charge is -2.37. The molecule has 4 N–H and O–H groups in total. The fourth-order valence-corrected chi connectivity index (χ4v) is 13.5. The molecule has 5 aromatic carbocycles. The summed E-state index contributed by atoms with van der Waals surface area (Å²) in [5.41, 5.74) is 0.774. The number of aromatic nitrogens is 1. The van der Waals surface area contributed by atoms with Crippen LogP contribution in [0.25, 0.3) is 22.4 Å². The van der Waals surface area contributed by atoms with Gasteiger partial charge >= 0.3 is 5.51 Å². The Morgan fingerprint density at radius 2 is 1.36 bits per heavy atom. The smallest absolute Gasteiger partial charge is 0.393 e. The van der Waals surface area contributed by atoms with E-state index in [0.29, 0.717) is 113 Å². The molecular weight excluding hydrogens is 1070 g/mol. The van der Waals surface area contributed by atoms with E-state index in [2.05, 4.69) is 35.4 Å². The van der Waals surface area contributed by atoms with Crippen molar-refractivity contribution in [1.29, 1.82) is 0 Å². The number of piperidine rings is 2. The van der Waals surface area contributed by atoms with Crippen LogP contribution < -0.4 is 19.8 Å². The van der Waals surface area contributed by atoms with Gasteiger partial charge in [-0.25, -0.2) is 16.8 Å². The molecule has 77 heavy (non-hydrogen) atoms. The van der Waals surface area contributed by atoms with Crippen LogP contribution in [0.5, 0.6) is 0 Å². The standard InChI is InChI=1S/C56H63ClF3N7O7S3/c1-38-52(55(70)67-29-24-47(69)25-30-67)53(54(63(38)2)39-11-13-41(57)14-12-39)40-7-6-8-45(35-40)66-33-31-65(32-34-66)44-17-15-42(16-18-44)62-77(73,74)49-19-20-50(51(36-49)76(71,72)56(58,59)60)61-43(37-75-48-9-4-3-5-10-48)21-26-64-27-22-46(68)23-28-64/h3-20,35-36,43,46-47,61-62,68-69H,21-34,37H2,1-2H3. The molecule has 0 spiro atoms. The number of benzene rings is 5. The van der Waals surface area contributed by atoms with Gasteiger partial charge in [-0.3, -0.25) is 9.52 Å². The molecule has 21 heteroatoms. The van der Waals surface area contributed by atoms with Crippen molar-refractivity contribution in [2.45, 2.75) is 77.5 Å². The number of aliphatic hydroxyl groups is 2. The number of piperazine rings is 1. The van der Waals surface area contributed by atoms with E-state index in [1.54, 1.807) is 24.3 Å². The zero-order valence-corrected chi connectivity index (χ0v) is 46.0. The topological polar surface area (TPSA) is 168 Å². The second-order valence-corrected chi connectivity index (χ2v) is 25.0. The lowest BCUT2D eigenvalue weighted by molar-refractivity contribution is -0.0436. The number of aliphatic hydroxyl groups excluding tert-OH is 2. The average Bonchev–Trinajstić information content (AvgIpc) is 3.79. The largest absolute Gasteiger partial charge is 0.501 e. The number of thioether (sulfide) groups is 1. The minimum atomic E-state index is -6.03. The first kappa shape index (κ1) is 56.0. The summed E-state index contributed by atoms with van der Waals surface area (Å²) in [6, 6.07) is 33.9. The van der Waals surface area contributed by atoms with Crippen LogP contribution in [0.2, 0.25) is 5.02 Å². The summed E-state index contributed by atoms with van der Waals surface area (Å²) in [5, 5.41) is 23.8. The van der Waals surface area contributed by atoms with Gasteiger partial charge in [-0.05, 0) is 129 Å². The van der Waals surface area contributed by atoms with Gasteiger partial charge in [-0.15, -0.1) is 11.8 Å². The molecule has 0 radical (unpaired) electrons. The highest BCUT2D eigenvalue weighted by atomic mass is 35.5. The van der Waals surface area contributed by atoms with Crippen LogP contribution >= 0.6 is 23.4 Å². The maximum Gasteiger partial charge on any atom is 0.501 e. The van der Waals surface area contributed by atoms with Crippen molar-refractivity contribution in [2.75, 3.05) is 84.5 Å². The summed E-state index contributed by atoms with van der Waals surface area (Å²) >= 11 is 7.77. The first-order valence-corrected chi connectivity index (χ1v) is 30.0. The number of rotatable bonds is 17. The van der Waals surface area contributed by atoms with Gasteiger partial charge in [-0.1, -0.05) is 54.1 Å². The number of carbonyl (C=O) groups excluding carboxylic acids is 1. The van der Waals surface area contributed by atoms with Gasteiger partial charge in [0.1, 0.15) is 4.90 Å². The molecule has 3 aliphatic rings. The van der Waals surface area contributed by atoms with Crippen LogP contribution in [0.15, 0.2) is 136 Å². The van der Waals surface area contributed by atoms with Gasteiger partial charge in [-0.2, -0.15) is 13.2 Å². The van der Waals surface area contributed by atoms with Crippen molar-refractivity contribution in [3.05, 3.63) is 138 Å². The number of anilines is 4. The predicted octanol–water partition coefficient (Wildman–Crippen LogP) is 9.76. The van der Waals surface area contributed by atoms with E-state index in [1.165, 1.54) is 11.8 Å². The Kier molecular flexibility index (Phi) is 17.2. The summed E-state index contributed by atoms with van der Waals surface area (Å²) < 4.78 is 102. The number of alkyl halides is 3. The zero-order valence-electron chi connectivity index (χ0n) is 42.8. The van der Waals surface area contributed by atoms with Crippen LogP contribution in [0, 0.1) is 6.92 Å². The lowest BCUT2D eigenvalue weighted by Crippen LogP contribution is -2.46. The minimum Gasteiger partial charge on any atom is -0.393 e. The first-order chi connectivity index (χ1) is 36.8.